The van der Waals surface area contributed by atoms with Crippen LogP contribution in [0.4, 0.5) is 5.69 Å². The van der Waals surface area contributed by atoms with Gasteiger partial charge in [0.15, 0.2) is 0 Å². The van der Waals surface area contributed by atoms with Gasteiger partial charge in [-0.25, -0.2) is 0 Å². The number of amides is 1. The van der Waals surface area contributed by atoms with E-state index in [4.69, 9.17) is 5.73 Å². The second-order valence-corrected chi connectivity index (χ2v) is 6.47. The van der Waals surface area contributed by atoms with Crippen LogP contribution in [-0.2, 0) is 10.5 Å². The summed E-state index contributed by atoms with van der Waals surface area (Å²) in [4.78, 5) is 11.0. The molecule has 3 N–H and O–H groups in total. The summed E-state index contributed by atoms with van der Waals surface area (Å²) in [7, 11) is 0. The summed E-state index contributed by atoms with van der Waals surface area (Å²) >= 11 is 2.05. The Labute approximate surface area is 119 Å². The molecular weight excluding hydrogens is 256 g/mol. The molecule has 2 rings (SSSR count). The molecule has 0 heterocycles. The third kappa shape index (κ3) is 4.46. The molecule has 0 bridgehead atoms. The van der Waals surface area contributed by atoms with Gasteiger partial charge in [-0.2, -0.15) is 11.8 Å². The van der Waals surface area contributed by atoms with Crippen LogP contribution < -0.4 is 11.1 Å². The molecule has 0 saturated heterocycles. The highest BCUT2D eigenvalue weighted by atomic mass is 32.2. The summed E-state index contributed by atoms with van der Waals surface area (Å²) < 4.78 is 0. The highest BCUT2D eigenvalue weighted by Crippen LogP contribution is 2.31. The average molecular weight is 278 g/mol. The zero-order valence-electron chi connectivity index (χ0n) is 11.4. The number of nitrogens with one attached hydrogen (secondary N) is 1. The summed E-state index contributed by atoms with van der Waals surface area (Å²) in [5.41, 5.74) is 7.53. The Bertz CT molecular complexity index is 430. The fourth-order valence-electron chi connectivity index (χ4n) is 2.34. The maximum Gasteiger partial charge on any atom is 0.239 e. The van der Waals surface area contributed by atoms with Crippen molar-refractivity contribution in [3.63, 3.8) is 0 Å². The molecule has 1 saturated carbocycles. The molecule has 0 aromatic heterocycles. The van der Waals surface area contributed by atoms with E-state index in [1.54, 1.807) is 6.92 Å². The van der Waals surface area contributed by atoms with E-state index in [9.17, 15) is 4.79 Å². The summed E-state index contributed by atoms with van der Waals surface area (Å²) in [6.07, 6.45) is 5.49. The van der Waals surface area contributed by atoms with Crippen molar-refractivity contribution in [1.29, 1.82) is 0 Å². The molecule has 0 radical (unpaired) electrons. The van der Waals surface area contributed by atoms with Crippen LogP contribution in [-0.4, -0.2) is 17.2 Å². The normalized spacial score (nSPS) is 17.3. The maximum absolute atomic E-state index is 11.0. The predicted molar refractivity (Wildman–Crippen MR) is 82.3 cm³/mol. The molecule has 1 aliphatic carbocycles. The zero-order valence-corrected chi connectivity index (χ0v) is 12.2. The molecular formula is C15H22N2OS. The van der Waals surface area contributed by atoms with Crippen molar-refractivity contribution in [3.05, 3.63) is 29.8 Å². The zero-order chi connectivity index (χ0) is 13.7. The molecule has 1 amide bonds. The largest absolute Gasteiger partial charge is 0.374 e. The van der Waals surface area contributed by atoms with Crippen molar-refractivity contribution in [1.82, 2.24) is 0 Å². The molecule has 0 unspecified atom stereocenters. The van der Waals surface area contributed by atoms with Gasteiger partial charge in [0.2, 0.25) is 5.91 Å². The minimum Gasteiger partial charge on any atom is -0.374 e. The quantitative estimate of drug-likeness (QED) is 0.840. The van der Waals surface area contributed by atoms with Gasteiger partial charge in [-0.15, -0.1) is 0 Å². The second-order valence-electron chi connectivity index (χ2n) is 5.19. The van der Waals surface area contributed by atoms with Crippen molar-refractivity contribution in [2.75, 3.05) is 5.32 Å². The molecule has 1 atom stereocenters. The summed E-state index contributed by atoms with van der Waals surface area (Å²) in [5, 5.41) is 3.96. The van der Waals surface area contributed by atoms with Crippen molar-refractivity contribution in [2.45, 2.75) is 49.7 Å². The first-order valence-electron chi connectivity index (χ1n) is 6.91. The van der Waals surface area contributed by atoms with E-state index < -0.39 is 0 Å². The fourth-order valence-corrected chi connectivity index (χ4v) is 3.62. The lowest BCUT2D eigenvalue weighted by molar-refractivity contribution is -0.118. The van der Waals surface area contributed by atoms with Gasteiger partial charge in [-0.3, -0.25) is 4.79 Å². The molecule has 0 aliphatic heterocycles. The SMILES string of the molecule is C[C@H](Nc1cccc(CSC2CCCC2)c1)C(N)=O. The van der Waals surface area contributed by atoms with Gasteiger partial charge in [0.25, 0.3) is 0 Å². The minimum atomic E-state index is -0.335. The van der Waals surface area contributed by atoms with Crippen molar-refractivity contribution in [2.24, 2.45) is 5.73 Å². The number of benzene rings is 1. The van der Waals surface area contributed by atoms with Gasteiger partial charge in [0.05, 0.1) is 0 Å². The topological polar surface area (TPSA) is 55.1 Å². The van der Waals surface area contributed by atoms with E-state index in [1.807, 2.05) is 12.1 Å². The lowest BCUT2D eigenvalue weighted by Gasteiger charge is -2.13. The number of rotatable bonds is 6. The summed E-state index contributed by atoms with van der Waals surface area (Å²) in [6.45, 7) is 1.78. The smallest absolute Gasteiger partial charge is 0.239 e. The number of anilines is 1. The van der Waals surface area contributed by atoms with Crippen LogP contribution in [0.2, 0.25) is 0 Å². The van der Waals surface area contributed by atoms with Gasteiger partial charge in [-0.1, -0.05) is 25.0 Å². The van der Waals surface area contributed by atoms with Crippen LogP contribution in [0.3, 0.4) is 0 Å². The summed E-state index contributed by atoms with van der Waals surface area (Å²) in [5.74, 6) is 0.719. The fraction of sp³-hybridized carbons (Fsp3) is 0.533. The molecule has 1 aromatic rings. The number of nitrogens with two attached hydrogens (primary N) is 1. The standard InChI is InChI=1S/C15H22N2OS/c1-11(15(16)18)17-13-6-4-5-12(9-13)10-19-14-7-2-3-8-14/h4-6,9,11,14,17H,2-3,7-8,10H2,1H3,(H2,16,18)/t11-/m0/s1. The van der Waals surface area contributed by atoms with E-state index in [0.717, 1.165) is 16.7 Å². The van der Waals surface area contributed by atoms with Crippen LogP contribution in [0.15, 0.2) is 24.3 Å². The number of carbonyl (C=O) groups excluding carboxylic acids is 1. The highest BCUT2D eigenvalue weighted by Gasteiger charge is 2.15. The van der Waals surface area contributed by atoms with E-state index in [0.29, 0.717) is 0 Å². The first kappa shape index (κ1) is 14.3. The Hall–Kier alpha value is -1.16. The molecule has 1 aromatic carbocycles. The van der Waals surface area contributed by atoms with Crippen LogP contribution in [0.25, 0.3) is 0 Å². The average Bonchev–Trinajstić information content (AvgIpc) is 2.90. The van der Waals surface area contributed by atoms with Crippen LogP contribution in [0.5, 0.6) is 0 Å². The monoisotopic (exact) mass is 278 g/mol. The first-order valence-corrected chi connectivity index (χ1v) is 7.96. The molecule has 3 nitrogen and oxygen atoms in total. The van der Waals surface area contributed by atoms with Crippen LogP contribution in [0, 0.1) is 0 Å². The number of hydrogen-bond donors (Lipinski definition) is 2. The Morgan fingerprint density at radius 1 is 1.47 bits per heavy atom. The Kier molecular flexibility index (Phi) is 5.14. The second kappa shape index (κ2) is 6.85. The molecule has 19 heavy (non-hydrogen) atoms. The number of thioether (sulfide) groups is 1. The van der Waals surface area contributed by atoms with Crippen molar-refractivity contribution >= 4 is 23.4 Å². The third-order valence-corrected chi connectivity index (χ3v) is 4.97. The Morgan fingerprint density at radius 2 is 2.21 bits per heavy atom. The van der Waals surface area contributed by atoms with E-state index in [-0.39, 0.29) is 11.9 Å². The number of primary amides is 1. The molecule has 0 spiro atoms. The third-order valence-electron chi connectivity index (χ3n) is 3.52. The number of hydrogen-bond acceptors (Lipinski definition) is 3. The van der Waals surface area contributed by atoms with Crippen LogP contribution >= 0.6 is 11.8 Å². The Morgan fingerprint density at radius 3 is 2.89 bits per heavy atom. The lowest BCUT2D eigenvalue weighted by Crippen LogP contribution is -2.32. The maximum atomic E-state index is 11.0. The van der Waals surface area contributed by atoms with Crippen molar-refractivity contribution < 1.29 is 4.79 Å². The van der Waals surface area contributed by atoms with Gasteiger partial charge in [-0.05, 0) is 37.5 Å². The first-order chi connectivity index (χ1) is 9.15. The van der Waals surface area contributed by atoms with E-state index >= 15 is 0 Å². The Balaban J connectivity index is 1.88. The van der Waals surface area contributed by atoms with Gasteiger partial charge >= 0.3 is 0 Å². The minimum absolute atomic E-state index is 0.328. The lowest BCUT2D eigenvalue weighted by atomic mass is 10.2. The van der Waals surface area contributed by atoms with Crippen LogP contribution in [0.1, 0.15) is 38.2 Å². The van der Waals surface area contributed by atoms with E-state index in [1.165, 1.54) is 31.2 Å². The summed E-state index contributed by atoms with van der Waals surface area (Å²) in [6, 6.07) is 7.92. The molecule has 4 heteroatoms. The highest BCUT2D eigenvalue weighted by molar-refractivity contribution is 7.99. The van der Waals surface area contributed by atoms with Gasteiger partial charge in [0.1, 0.15) is 6.04 Å². The number of carbonyl (C=O) groups is 1. The molecule has 1 fully saturated rings. The van der Waals surface area contributed by atoms with Gasteiger partial charge in [0, 0.05) is 16.7 Å². The van der Waals surface area contributed by atoms with Crippen molar-refractivity contribution in [3.8, 4) is 0 Å². The molecule has 1 aliphatic rings. The molecule has 104 valence electrons. The van der Waals surface area contributed by atoms with E-state index in [2.05, 4.69) is 29.2 Å². The van der Waals surface area contributed by atoms with Gasteiger partial charge < -0.3 is 11.1 Å². The predicted octanol–water partition coefficient (Wildman–Crippen LogP) is 3.15.